The molecule has 0 aromatic heterocycles. The van der Waals surface area contributed by atoms with Crippen LogP contribution in [0.2, 0.25) is 0 Å². The van der Waals surface area contributed by atoms with Gasteiger partial charge in [-0.05, 0) is 12.8 Å². The molecule has 0 saturated heterocycles. The zero-order valence-corrected chi connectivity index (χ0v) is 50.3. The van der Waals surface area contributed by atoms with Crippen LogP contribution in [0.4, 0.5) is 0 Å². The van der Waals surface area contributed by atoms with Gasteiger partial charge < -0.3 is 33.3 Å². The van der Waals surface area contributed by atoms with E-state index in [0.29, 0.717) is 17.4 Å². The number of carboxylic acids is 1. The van der Waals surface area contributed by atoms with Crippen LogP contribution in [0.15, 0.2) is 0 Å². The lowest BCUT2D eigenvalue weighted by Crippen LogP contribution is -2.44. The van der Waals surface area contributed by atoms with Gasteiger partial charge in [-0.3, -0.25) is 9.59 Å². The Morgan fingerprint density at radius 3 is 0.865 bits per heavy atom. The van der Waals surface area contributed by atoms with E-state index in [1.807, 2.05) is 21.1 Å². The largest absolute Gasteiger partial charge is 0.545 e. The molecule has 74 heavy (non-hydrogen) atoms. The number of esters is 2. The number of unbranched alkanes of at least 4 members (excludes halogenated alkanes) is 47. The highest BCUT2D eigenvalue weighted by atomic mass is 16.7. The molecule has 0 aliphatic carbocycles. The van der Waals surface area contributed by atoms with Crippen molar-refractivity contribution in [2.75, 3.05) is 47.5 Å². The predicted octanol–water partition coefficient (Wildman–Crippen LogP) is 18.2. The molecule has 0 aromatic rings. The summed E-state index contributed by atoms with van der Waals surface area (Å²) in [5, 5.41) is 11.8. The molecule has 0 radical (unpaired) electrons. The first-order valence-corrected chi connectivity index (χ1v) is 32.7. The second kappa shape index (κ2) is 57.5. The maximum Gasteiger partial charge on any atom is 0.306 e. The Morgan fingerprint density at radius 1 is 0.351 bits per heavy atom. The minimum atomic E-state index is -1.61. The van der Waals surface area contributed by atoms with Gasteiger partial charge in [0, 0.05) is 12.8 Å². The summed E-state index contributed by atoms with van der Waals surface area (Å²) in [5.74, 6) is -2.25. The van der Waals surface area contributed by atoms with Crippen molar-refractivity contribution in [2.24, 2.45) is 0 Å². The van der Waals surface area contributed by atoms with Crippen LogP contribution in [0.25, 0.3) is 0 Å². The predicted molar refractivity (Wildman–Crippen MR) is 311 cm³/mol. The van der Waals surface area contributed by atoms with E-state index in [9.17, 15) is 19.5 Å². The number of nitrogens with zero attached hydrogens (tertiary/aromatic N) is 1. The minimum Gasteiger partial charge on any atom is -0.545 e. The van der Waals surface area contributed by atoms with Gasteiger partial charge in [-0.1, -0.05) is 316 Å². The van der Waals surface area contributed by atoms with E-state index < -0.39 is 24.3 Å². The molecule has 0 aromatic carbocycles. The third kappa shape index (κ3) is 58.0. The number of carbonyl (C=O) groups excluding carboxylic acids is 3. The van der Waals surface area contributed by atoms with Crippen LogP contribution in [0.3, 0.4) is 0 Å². The molecule has 0 rings (SSSR count). The van der Waals surface area contributed by atoms with E-state index in [0.717, 1.165) is 38.5 Å². The highest BCUT2D eigenvalue weighted by Crippen LogP contribution is 2.19. The SMILES string of the molecule is CCCCCCCCCCCCCCCCCCCCCCCCCCCCCCCCCC(=O)OC(COC(=O)CCCCCCCCCCCCCCCCCCCC)COC(OCC[N+](C)(C)C)C(=O)[O-]. The fourth-order valence-electron chi connectivity index (χ4n) is 10.1. The molecule has 0 N–H and O–H groups in total. The lowest BCUT2D eigenvalue weighted by atomic mass is 10.0. The van der Waals surface area contributed by atoms with Crippen LogP contribution in [0.1, 0.15) is 341 Å². The van der Waals surface area contributed by atoms with E-state index in [1.165, 1.54) is 276 Å². The van der Waals surface area contributed by atoms with E-state index in [1.54, 1.807) is 0 Å². The number of carbonyl (C=O) groups is 3. The number of hydrogen-bond donors (Lipinski definition) is 0. The Balaban J connectivity index is 4.04. The molecule has 2 unspecified atom stereocenters. The molecule has 9 nitrogen and oxygen atoms in total. The molecule has 440 valence electrons. The van der Waals surface area contributed by atoms with Gasteiger partial charge in [0.25, 0.3) is 0 Å². The minimum absolute atomic E-state index is 0.153. The summed E-state index contributed by atoms with van der Waals surface area (Å²) in [6.45, 7) is 4.83. The third-order valence-electron chi connectivity index (χ3n) is 15.1. The van der Waals surface area contributed by atoms with Crippen LogP contribution in [-0.2, 0) is 33.3 Å². The maximum atomic E-state index is 12.9. The van der Waals surface area contributed by atoms with Crippen LogP contribution in [-0.4, -0.2) is 82.3 Å². The number of carboxylic acid groups (broad SMARTS) is 1. The number of likely N-dealkylation sites (N-methyl/N-ethyl adjacent to an activating group) is 1. The van der Waals surface area contributed by atoms with Crippen molar-refractivity contribution in [3.8, 4) is 0 Å². The average Bonchev–Trinajstić information content (AvgIpc) is 3.37. The normalized spacial score (nSPS) is 12.6. The average molecular weight is 1050 g/mol. The van der Waals surface area contributed by atoms with Crippen molar-refractivity contribution in [1.82, 2.24) is 0 Å². The zero-order valence-electron chi connectivity index (χ0n) is 50.3. The molecule has 9 heteroatoms. The Hall–Kier alpha value is -1.71. The zero-order chi connectivity index (χ0) is 54.1. The Bertz CT molecular complexity index is 1180. The summed E-state index contributed by atoms with van der Waals surface area (Å²) in [6, 6.07) is 0. The van der Waals surface area contributed by atoms with Gasteiger partial charge in [-0.2, -0.15) is 0 Å². The first kappa shape index (κ1) is 72.3. The Kier molecular flexibility index (Phi) is 56.1. The fraction of sp³-hybridized carbons (Fsp3) is 0.954. The molecule has 0 aliphatic heterocycles. The van der Waals surface area contributed by atoms with Crippen LogP contribution < -0.4 is 5.11 Å². The van der Waals surface area contributed by atoms with Crippen molar-refractivity contribution >= 4 is 17.9 Å². The highest BCUT2D eigenvalue weighted by molar-refractivity contribution is 5.70. The van der Waals surface area contributed by atoms with Gasteiger partial charge in [0.2, 0.25) is 0 Å². The van der Waals surface area contributed by atoms with Crippen molar-refractivity contribution in [2.45, 2.75) is 354 Å². The molecule has 0 saturated carbocycles. The summed E-state index contributed by atoms with van der Waals surface area (Å²) in [4.78, 5) is 37.4. The maximum absolute atomic E-state index is 12.9. The summed E-state index contributed by atoms with van der Waals surface area (Å²) in [5.41, 5.74) is 0. The van der Waals surface area contributed by atoms with Crippen molar-refractivity contribution in [3.05, 3.63) is 0 Å². The van der Waals surface area contributed by atoms with Crippen LogP contribution in [0, 0.1) is 0 Å². The van der Waals surface area contributed by atoms with Crippen molar-refractivity contribution < 1.29 is 42.9 Å². The Morgan fingerprint density at radius 2 is 0.608 bits per heavy atom. The summed E-state index contributed by atoms with van der Waals surface area (Å²) in [6.07, 6.45) is 63.2. The van der Waals surface area contributed by atoms with Gasteiger partial charge >= 0.3 is 11.9 Å². The first-order chi connectivity index (χ1) is 36.1. The third-order valence-corrected chi connectivity index (χ3v) is 15.1. The molecular formula is C65H127NO8. The van der Waals surface area contributed by atoms with Crippen LogP contribution >= 0.6 is 0 Å². The first-order valence-electron chi connectivity index (χ1n) is 32.7. The van der Waals surface area contributed by atoms with Gasteiger partial charge in [0.05, 0.1) is 40.3 Å². The highest BCUT2D eigenvalue weighted by Gasteiger charge is 2.22. The second-order valence-corrected chi connectivity index (χ2v) is 23.8. The van der Waals surface area contributed by atoms with Crippen molar-refractivity contribution in [1.29, 1.82) is 0 Å². The molecular weight excluding hydrogens is 923 g/mol. The molecule has 0 heterocycles. The van der Waals surface area contributed by atoms with Crippen LogP contribution in [0.5, 0.6) is 0 Å². The number of hydrogen-bond acceptors (Lipinski definition) is 8. The summed E-state index contributed by atoms with van der Waals surface area (Å²) >= 11 is 0. The standard InChI is InChI=1S/C65H127NO8/c1-6-8-10-12-14-16-18-20-22-24-26-27-28-29-30-31-32-33-34-35-36-37-38-40-42-44-46-48-50-52-54-56-63(68)74-61(60-73-65(64(69)70)71-58-57-66(3,4)5)59-72-62(67)55-53-51-49-47-45-43-41-39-25-23-21-19-17-15-13-11-9-7-2/h61,65H,6-60H2,1-5H3. The molecule has 0 fully saturated rings. The topological polar surface area (TPSA) is 111 Å². The molecule has 0 amide bonds. The van der Waals surface area contributed by atoms with Gasteiger partial charge in [-0.25, -0.2) is 0 Å². The quantitative estimate of drug-likeness (QED) is 0.0256. The summed E-state index contributed by atoms with van der Waals surface area (Å²) in [7, 11) is 5.94. The molecule has 0 spiro atoms. The fourth-order valence-corrected chi connectivity index (χ4v) is 10.1. The Labute approximate surface area is 460 Å². The smallest absolute Gasteiger partial charge is 0.306 e. The van der Waals surface area contributed by atoms with Gasteiger partial charge in [0.1, 0.15) is 13.2 Å². The van der Waals surface area contributed by atoms with Gasteiger partial charge in [0.15, 0.2) is 12.4 Å². The number of aliphatic carboxylic acids is 1. The summed E-state index contributed by atoms with van der Waals surface area (Å²) < 4.78 is 22.8. The van der Waals surface area contributed by atoms with Gasteiger partial charge in [-0.15, -0.1) is 0 Å². The lowest BCUT2D eigenvalue weighted by Gasteiger charge is -2.26. The van der Waals surface area contributed by atoms with Crippen molar-refractivity contribution in [3.63, 3.8) is 0 Å². The monoisotopic (exact) mass is 1050 g/mol. The van der Waals surface area contributed by atoms with E-state index in [4.69, 9.17) is 18.9 Å². The van der Waals surface area contributed by atoms with E-state index in [2.05, 4.69) is 13.8 Å². The second-order valence-electron chi connectivity index (χ2n) is 23.8. The number of ether oxygens (including phenoxy) is 4. The molecule has 2 atom stereocenters. The molecule has 0 bridgehead atoms. The number of rotatable bonds is 62. The number of quaternary nitrogens is 1. The van der Waals surface area contributed by atoms with E-state index in [-0.39, 0.29) is 32.2 Å². The molecule has 0 aliphatic rings. The lowest BCUT2D eigenvalue weighted by molar-refractivity contribution is -0.870. The van der Waals surface area contributed by atoms with E-state index >= 15 is 0 Å².